The third-order valence-corrected chi connectivity index (χ3v) is 6.38. The maximum Gasteiger partial charge on any atom is 0.0992 e. The second-order valence-corrected chi connectivity index (χ2v) is 8.65. The highest BCUT2D eigenvalue weighted by atomic mass is 14.8. The van der Waals surface area contributed by atoms with Crippen LogP contribution in [0.2, 0.25) is 0 Å². The molecule has 0 radical (unpaired) electrons. The molecule has 0 saturated heterocycles. The van der Waals surface area contributed by atoms with E-state index >= 15 is 0 Å². The summed E-state index contributed by atoms with van der Waals surface area (Å²) < 4.78 is 0. The van der Waals surface area contributed by atoms with E-state index < -0.39 is 0 Å². The Balaban J connectivity index is 1.36. The molecule has 0 atom stereocenters. The van der Waals surface area contributed by atoms with Crippen molar-refractivity contribution in [3.8, 4) is 57.2 Å². The quantitative estimate of drug-likeness (QED) is 0.271. The van der Waals surface area contributed by atoms with Gasteiger partial charge in [-0.3, -0.25) is 19.9 Å². The van der Waals surface area contributed by atoms with Gasteiger partial charge in [0, 0.05) is 35.9 Å². The molecule has 0 amide bonds. The molecule has 0 N–H and O–H groups in total. The lowest BCUT2D eigenvalue weighted by atomic mass is 9.93. The van der Waals surface area contributed by atoms with Crippen LogP contribution in [0.1, 0.15) is 11.1 Å². The van der Waals surface area contributed by atoms with Gasteiger partial charge in [0.05, 0.1) is 46.0 Å². The Morgan fingerprint density at radius 2 is 0.947 bits per heavy atom. The van der Waals surface area contributed by atoms with E-state index in [0.29, 0.717) is 33.9 Å². The van der Waals surface area contributed by atoms with Gasteiger partial charge in [0.2, 0.25) is 0 Å². The lowest BCUT2D eigenvalue weighted by Crippen LogP contribution is -1.91. The van der Waals surface area contributed by atoms with Crippen LogP contribution in [0.3, 0.4) is 0 Å². The summed E-state index contributed by atoms with van der Waals surface area (Å²) in [6.45, 7) is 0. The van der Waals surface area contributed by atoms with Gasteiger partial charge >= 0.3 is 0 Å². The second kappa shape index (κ2) is 9.73. The first kappa shape index (κ1) is 22.7. The number of rotatable bonds is 4. The molecule has 0 fully saturated rings. The van der Waals surface area contributed by atoms with Gasteiger partial charge in [-0.2, -0.15) is 10.5 Å². The van der Waals surface area contributed by atoms with Gasteiger partial charge in [-0.15, -0.1) is 0 Å². The number of benzene rings is 2. The zero-order valence-electron chi connectivity index (χ0n) is 20.1. The number of pyridine rings is 4. The smallest absolute Gasteiger partial charge is 0.0992 e. The molecule has 6 rings (SSSR count). The van der Waals surface area contributed by atoms with Crippen LogP contribution >= 0.6 is 0 Å². The molecule has 4 aromatic heterocycles. The summed E-state index contributed by atoms with van der Waals surface area (Å²) in [5.74, 6) is 0. The molecule has 0 spiro atoms. The molecule has 0 unspecified atom stereocenters. The van der Waals surface area contributed by atoms with Crippen molar-refractivity contribution in [2.75, 3.05) is 0 Å². The Morgan fingerprint density at radius 1 is 0.474 bits per heavy atom. The predicted octanol–water partition coefficient (Wildman–Crippen LogP) is 6.83. The fraction of sp³-hybridized carbons (Fsp3) is 0. The maximum absolute atomic E-state index is 9.18. The van der Waals surface area contributed by atoms with Crippen LogP contribution in [0.25, 0.3) is 55.8 Å². The van der Waals surface area contributed by atoms with Crippen LogP contribution in [-0.2, 0) is 0 Å². The Bertz CT molecular complexity index is 1740. The topological polar surface area (TPSA) is 99.1 Å². The molecular weight excluding hydrogens is 468 g/mol. The normalized spacial score (nSPS) is 10.6. The first-order valence-electron chi connectivity index (χ1n) is 11.9. The third kappa shape index (κ3) is 4.24. The molecule has 6 nitrogen and oxygen atoms in total. The van der Waals surface area contributed by atoms with Crippen molar-refractivity contribution in [2.45, 2.75) is 0 Å². The van der Waals surface area contributed by atoms with Crippen LogP contribution in [0, 0.1) is 22.7 Å². The minimum absolute atomic E-state index is 0.553. The summed E-state index contributed by atoms with van der Waals surface area (Å²) in [7, 11) is 0. The molecule has 6 aromatic rings. The SMILES string of the molecule is N#Cc1ccnc(-c2ccc(-c3ccc(-c4ccc(-c5cc(C#N)ccn5)nc4)c4ccccc34)cn2)c1. The Hall–Kier alpha value is -5.72. The van der Waals surface area contributed by atoms with E-state index in [1.165, 1.54) is 0 Å². The number of hydrogen-bond donors (Lipinski definition) is 0. The summed E-state index contributed by atoms with van der Waals surface area (Å²) in [5, 5.41) is 20.6. The highest BCUT2D eigenvalue weighted by molar-refractivity contribution is 6.04. The van der Waals surface area contributed by atoms with Crippen LogP contribution in [0.4, 0.5) is 0 Å². The minimum Gasteiger partial charge on any atom is -0.255 e. The summed E-state index contributed by atoms with van der Waals surface area (Å²) in [5.41, 5.74) is 8.00. The number of nitrogens with zero attached hydrogens (tertiary/aromatic N) is 6. The molecule has 4 heterocycles. The van der Waals surface area contributed by atoms with E-state index in [1.807, 2.05) is 48.8 Å². The van der Waals surface area contributed by atoms with E-state index in [2.05, 4.69) is 56.3 Å². The zero-order chi connectivity index (χ0) is 25.9. The summed E-state index contributed by atoms with van der Waals surface area (Å²) in [4.78, 5) is 18.0. The summed E-state index contributed by atoms with van der Waals surface area (Å²) >= 11 is 0. The van der Waals surface area contributed by atoms with Crippen LogP contribution in [0.15, 0.2) is 110 Å². The van der Waals surface area contributed by atoms with E-state index in [9.17, 15) is 10.5 Å². The molecule has 38 heavy (non-hydrogen) atoms. The van der Waals surface area contributed by atoms with E-state index in [1.54, 1.807) is 36.7 Å². The average molecular weight is 487 g/mol. The minimum atomic E-state index is 0.553. The Labute approximate surface area is 219 Å². The van der Waals surface area contributed by atoms with E-state index in [0.717, 1.165) is 33.0 Å². The van der Waals surface area contributed by atoms with Crippen LogP contribution in [-0.4, -0.2) is 19.9 Å². The van der Waals surface area contributed by atoms with Crippen molar-refractivity contribution < 1.29 is 0 Å². The number of hydrogen-bond acceptors (Lipinski definition) is 6. The first-order chi connectivity index (χ1) is 18.7. The van der Waals surface area contributed by atoms with E-state index in [-0.39, 0.29) is 0 Å². The van der Waals surface area contributed by atoms with Gasteiger partial charge in [-0.05, 0) is 58.3 Å². The lowest BCUT2D eigenvalue weighted by molar-refractivity contribution is 1.24. The number of fused-ring (bicyclic) bond motifs is 1. The average Bonchev–Trinajstić information content (AvgIpc) is 3.01. The Morgan fingerprint density at radius 3 is 1.34 bits per heavy atom. The Kier molecular flexibility index (Phi) is 5.82. The fourth-order valence-corrected chi connectivity index (χ4v) is 4.49. The molecule has 0 bridgehead atoms. The molecule has 0 aliphatic carbocycles. The maximum atomic E-state index is 9.18. The van der Waals surface area contributed by atoms with Crippen molar-refractivity contribution in [1.82, 2.24) is 19.9 Å². The summed E-state index contributed by atoms with van der Waals surface area (Å²) in [6.07, 6.45) is 6.93. The van der Waals surface area contributed by atoms with Crippen molar-refractivity contribution in [1.29, 1.82) is 10.5 Å². The van der Waals surface area contributed by atoms with Gasteiger partial charge in [0.15, 0.2) is 0 Å². The highest BCUT2D eigenvalue weighted by Gasteiger charge is 2.12. The largest absolute Gasteiger partial charge is 0.255 e. The van der Waals surface area contributed by atoms with Crippen molar-refractivity contribution in [2.24, 2.45) is 0 Å². The van der Waals surface area contributed by atoms with Crippen molar-refractivity contribution >= 4 is 10.8 Å². The standard InChI is InChI=1S/C32H18N6/c33-17-21-11-13-35-31(15-21)29-9-5-23(19-37-29)25-7-8-26(28-4-2-1-3-27(25)28)24-6-10-30(38-20-24)32-16-22(18-34)12-14-36-32/h1-16,19-20H. The highest BCUT2D eigenvalue weighted by Crippen LogP contribution is 2.36. The zero-order valence-corrected chi connectivity index (χ0v) is 20.1. The lowest BCUT2D eigenvalue weighted by Gasteiger charge is -2.12. The molecule has 0 aliphatic heterocycles. The van der Waals surface area contributed by atoms with Gasteiger partial charge in [0.25, 0.3) is 0 Å². The van der Waals surface area contributed by atoms with Crippen molar-refractivity contribution in [3.05, 3.63) is 121 Å². The fourth-order valence-electron chi connectivity index (χ4n) is 4.49. The predicted molar refractivity (Wildman–Crippen MR) is 146 cm³/mol. The third-order valence-electron chi connectivity index (χ3n) is 6.38. The van der Waals surface area contributed by atoms with Gasteiger partial charge in [0.1, 0.15) is 0 Å². The number of nitriles is 2. The van der Waals surface area contributed by atoms with E-state index in [4.69, 9.17) is 0 Å². The number of aromatic nitrogens is 4. The van der Waals surface area contributed by atoms with Gasteiger partial charge < -0.3 is 0 Å². The van der Waals surface area contributed by atoms with Crippen LogP contribution in [0.5, 0.6) is 0 Å². The molecular formula is C32H18N6. The van der Waals surface area contributed by atoms with Gasteiger partial charge in [-0.25, -0.2) is 0 Å². The van der Waals surface area contributed by atoms with Gasteiger partial charge in [-0.1, -0.05) is 48.5 Å². The van der Waals surface area contributed by atoms with Crippen LogP contribution < -0.4 is 0 Å². The molecule has 6 heteroatoms. The first-order valence-corrected chi connectivity index (χ1v) is 11.9. The molecule has 0 aliphatic rings. The monoisotopic (exact) mass is 486 g/mol. The molecule has 176 valence electrons. The summed E-state index contributed by atoms with van der Waals surface area (Å²) in [6, 6.07) is 31.5. The molecule has 2 aromatic carbocycles. The second-order valence-electron chi connectivity index (χ2n) is 8.65. The molecule has 0 saturated carbocycles. The van der Waals surface area contributed by atoms with Crippen molar-refractivity contribution in [3.63, 3.8) is 0 Å².